The molecule has 1 aliphatic heterocycles. The number of carbonyl (C=O) groups is 1. The first-order chi connectivity index (χ1) is 11.6. The molecule has 2 heterocycles. The van der Waals surface area contributed by atoms with E-state index >= 15 is 0 Å². The Hall–Kier alpha value is -1.99. The van der Waals surface area contributed by atoms with Crippen LogP contribution >= 0.6 is 0 Å². The molecule has 0 saturated heterocycles. The van der Waals surface area contributed by atoms with Crippen molar-refractivity contribution in [2.24, 2.45) is 0 Å². The van der Waals surface area contributed by atoms with Gasteiger partial charge in [-0.1, -0.05) is 51.1 Å². The van der Waals surface area contributed by atoms with Crippen LogP contribution in [0.3, 0.4) is 0 Å². The van der Waals surface area contributed by atoms with E-state index in [1.807, 2.05) is 30.3 Å². The van der Waals surface area contributed by atoms with Crippen molar-refractivity contribution in [2.45, 2.75) is 57.5 Å². The first kappa shape index (κ1) is 17.8. The monoisotopic (exact) mass is 359 g/mol. The molecule has 134 valence electrons. The summed E-state index contributed by atoms with van der Waals surface area (Å²) in [4.78, 5) is 15.6. The highest BCUT2D eigenvalue weighted by Crippen LogP contribution is 2.45. The summed E-state index contributed by atoms with van der Waals surface area (Å²) in [6.07, 6.45) is 0.498. The lowest BCUT2D eigenvalue weighted by Crippen LogP contribution is -2.41. The van der Waals surface area contributed by atoms with Gasteiger partial charge in [0.15, 0.2) is 14.1 Å². The van der Waals surface area contributed by atoms with Crippen LogP contribution in [0.2, 0.25) is 18.1 Å². The summed E-state index contributed by atoms with van der Waals surface area (Å²) in [5, 5.41) is 13.6. The minimum atomic E-state index is -2.02. The fraction of sp³-hybridized carbons (Fsp3) is 0.500. The molecule has 1 aromatic heterocycles. The highest BCUT2D eigenvalue weighted by atomic mass is 28.4. The van der Waals surface area contributed by atoms with Crippen molar-refractivity contribution in [2.75, 3.05) is 0 Å². The van der Waals surface area contributed by atoms with Crippen LogP contribution in [-0.4, -0.2) is 34.2 Å². The predicted octanol–water partition coefficient (Wildman–Crippen LogP) is 4.03. The normalized spacial score (nSPS) is 20.5. The Bertz CT molecular complexity index is 781. The molecule has 6 nitrogen and oxygen atoms in total. The van der Waals surface area contributed by atoms with Crippen LogP contribution in [0.4, 0.5) is 0 Å². The number of aromatic carboxylic acids is 1. The van der Waals surface area contributed by atoms with Gasteiger partial charge >= 0.3 is 5.97 Å². The van der Waals surface area contributed by atoms with Gasteiger partial charge in [-0.15, -0.1) is 5.10 Å². The number of hydrogen-bond acceptors (Lipinski definition) is 4. The number of nitrogens with zero attached hydrogens (tertiary/aromatic N) is 3. The van der Waals surface area contributed by atoms with Gasteiger partial charge in [-0.25, -0.2) is 14.5 Å². The molecule has 1 N–H and O–H groups in total. The Labute approximate surface area is 149 Å². The number of aromatic nitrogens is 3. The standard InChI is InChI=1S/C18H25N3O3Si/c1-18(2,3)25(4,5)24-14-11-13(12-9-7-6-8-10-12)21-16(14)19-15(20-21)17(22)23/h6-10,13-14H,11H2,1-5H3,(H,22,23)/t13-,14-/m0/s1. The molecule has 1 aliphatic rings. The fourth-order valence-electron chi connectivity index (χ4n) is 2.87. The van der Waals surface area contributed by atoms with Crippen LogP contribution < -0.4 is 0 Å². The Morgan fingerprint density at radius 2 is 1.92 bits per heavy atom. The lowest BCUT2D eigenvalue weighted by atomic mass is 10.0. The van der Waals surface area contributed by atoms with E-state index in [1.54, 1.807) is 4.68 Å². The van der Waals surface area contributed by atoms with Crippen LogP contribution in [0.15, 0.2) is 30.3 Å². The number of fused-ring (bicyclic) bond motifs is 1. The molecule has 2 atom stereocenters. The zero-order chi connectivity index (χ0) is 18.4. The summed E-state index contributed by atoms with van der Waals surface area (Å²) in [6.45, 7) is 11.0. The summed E-state index contributed by atoms with van der Waals surface area (Å²) in [5.41, 5.74) is 1.09. The van der Waals surface area contributed by atoms with E-state index in [4.69, 9.17) is 4.43 Å². The van der Waals surface area contributed by atoms with Gasteiger partial charge in [-0.05, 0) is 23.7 Å². The number of rotatable bonds is 4. The Kier molecular flexibility index (Phi) is 4.32. The summed E-state index contributed by atoms with van der Waals surface area (Å²) in [7, 11) is -2.02. The van der Waals surface area contributed by atoms with Gasteiger partial charge in [0.2, 0.25) is 0 Å². The summed E-state index contributed by atoms with van der Waals surface area (Å²) in [6, 6.07) is 9.94. The smallest absolute Gasteiger partial charge is 0.375 e. The largest absolute Gasteiger partial charge is 0.475 e. The Balaban J connectivity index is 1.99. The number of carboxylic acid groups (broad SMARTS) is 1. The van der Waals surface area contributed by atoms with Crippen LogP contribution in [0.1, 0.15) is 61.3 Å². The van der Waals surface area contributed by atoms with E-state index in [1.165, 1.54) is 0 Å². The van der Waals surface area contributed by atoms with Crippen LogP contribution in [0.5, 0.6) is 0 Å². The molecular weight excluding hydrogens is 334 g/mol. The molecule has 1 aromatic carbocycles. The van der Waals surface area contributed by atoms with Gasteiger partial charge < -0.3 is 9.53 Å². The molecule has 0 amide bonds. The maximum atomic E-state index is 11.3. The van der Waals surface area contributed by atoms with Gasteiger partial charge in [-0.3, -0.25) is 0 Å². The van der Waals surface area contributed by atoms with E-state index in [0.29, 0.717) is 5.82 Å². The van der Waals surface area contributed by atoms with E-state index in [-0.39, 0.29) is 23.0 Å². The Morgan fingerprint density at radius 3 is 2.48 bits per heavy atom. The third-order valence-electron chi connectivity index (χ3n) is 5.30. The van der Waals surface area contributed by atoms with Crippen molar-refractivity contribution in [3.63, 3.8) is 0 Å². The lowest BCUT2D eigenvalue weighted by Gasteiger charge is -2.38. The van der Waals surface area contributed by atoms with Gasteiger partial charge in [0.25, 0.3) is 5.82 Å². The summed E-state index contributed by atoms with van der Waals surface area (Å²) in [5.74, 6) is -0.657. The summed E-state index contributed by atoms with van der Waals surface area (Å²) < 4.78 is 8.29. The second kappa shape index (κ2) is 6.07. The molecule has 0 aliphatic carbocycles. The highest BCUT2D eigenvalue weighted by Gasteiger charge is 2.44. The van der Waals surface area contributed by atoms with Crippen molar-refractivity contribution in [3.8, 4) is 0 Å². The molecule has 3 rings (SSSR count). The average molecular weight is 360 g/mol. The second-order valence-corrected chi connectivity index (χ2v) is 12.8. The molecule has 0 bridgehead atoms. The molecule has 25 heavy (non-hydrogen) atoms. The number of benzene rings is 1. The van der Waals surface area contributed by atoms with Crippen LogP contribution in [0.25, 0.3) is 0 Å². The first-order valence-electron chi connectivity index (χ1n) is 8.52. The van der Waals surface area contributed by atoms with E-state index in [9.17, 15) is 9.90 Å². The zero-order valence-corrected chi connectivity index (χ0v) is 16.4. The lowest BCUT2D eigenvalue weighted by molar-refractivity contribution is 0.0682. The van der Waals surface area contributed by atoms with Crippen molar-refractivity contribution in [1.29, 1.82) is 0 Å². The van der Waals surface area contributed by atoms with Crippen molar-refractivity contribution in [3.05, 3.63) is 47.5 Å². The highest BCUT2D eigenvalue weighted by molar-refractivity contribution is 6.74. The molecule has 0 unspecified atom stereocenters. The van der Waals surface area contributed by atoms with Gasteiger partial charge in [-0.2, -0.15) is 0 Å². The van der Waals surface area contributed by atoms with Crippen LogP contribution in [0, 0.1) is 0 Å². The number of carboxylic acids is 1. The van der Waals surface area contributed by atoms with E-state index in [2.05, 4.69) is 43.9 Å². The zero-order valence-electron chi connectivity index (χ0n) is 15.4. The molecule has 0 fully saturated rings. The molecule has 2 aromatic rings. The average Bonchev–Trinajstić information content (AvgIpc) is 3.07. The van der Waals surface area contributed by atoms with E-state index in [0.717, 1.165) is 12.0 Å². The van der Waals surface area contributed by atoms with Crippen molar-refractivity contribution >= 4 is 14.3 Å². The Morgan fingerprint density at radius 1 is 1.28 bits per heavy atom. The van der Waals surface area contributed by atoms with Gasteiger partial charge in [0.1, 0.15) is 6.10 Å². The fourth-order valence-corrected chi connectivity index (χ4v) is 4.14. The topological polar surface area (TPSA) is 77.2 Å². The molecular formula is C18H25N3O3Si. The molecule has 0 spiro atoms. The molecule has 7 heteroatoms. The van der Waals surface area contributed by atoms with Gasteiger partial charge in [0.05, 0.1) is 6.04 Å². The van der Waals surface area contributed by atoms with Crippen molar-refractivity contribution < 1.29 is 14.3 Å². The van der Waals surface area contributed by atoms with Crippen molar-refractivity contribution in [1.82, 2.24) is 14.8 Å². The number of hydrogen-bond donors (Lipinski definition) is 1. The molecule has 0 saturated carbocycles. The quantitative estimate of drug-likeness (QED) is 0.834. The van der Waals surface area contributed by atoms with Gasteiger partial charge in [0, 0.05) is 6.42 Å². The first-order valence-corrected chi connectivity index (χ1v) is 11.4. The predicted molar refractivity (Wildman–Crippen MR) is 97.2 cm³/mol. The minimum absolute atomic E-state index is 0.0495. The SMILES string of the molecule is CC(C)(C)[Si](C)(C)O[C@H]1C[C@@H](c2ccccc2)n2nc(C(=O)O)nc21. The van der Waals surface area contributed by atoms with Crippen LogP contribution in [-0.2, 0) is 4.43 Å². The maximum absolute atomic E-state index is 11.3. The molecule has 0 radical (unpaired) electrons. The summed E-state index contributed by atoms with van der Waals surface area (Å²) >= 11 is 0. The minimum Gasteiger partial charge on any atom is -0.475 e. The maximum Gasteiger partial charge on any atom is 0.375 e. The second-order valence-electron chi connectivity index (χ2n) is 8.07. The third-order valence-corrected chi connectivity index (χ3v) is 9.78. The third kappa shape index (κ3) is 3.26. The van der Waals surface area contributed by atoms with E-state index < -0.39 is 14.3 Å².